The molecule has 2 aromatic carbocycles. The molecule has 0 aromatic heterocycles. The van der Waals surface area contributed by atoms with Crippen LogP contribution in [0.15, 0.2) is 48.5 Å². The predicted octanol–water partition coefficient (Wildman–Crippen LogP) is 4.61. The fourth-order valence-electron chi connectivity index (χ4n) is 2.46. The largest absolute Gasteiger partial charge is 0.493 e. The molecule has 2 rings (SSSR count). The summed E-state index contributed by atoms with van der Waals surface area (Å²) in [6.45, 7) is 6.68. The predicted molar refractivity (Wildman–Crippen MR) is 97.6 cm³/mol. The molecule has 3 heteroatoms. The van der Waals surface area contributed by atoms with Gasteiger partial charge in [-0.15, -0.1) is 0 Å². The van der Waals surface area contributed by atoms with E-state index in [9.17, 15) is 5.11 Å². The Morgan fingerprint density at radius 3 is 2.29 bits per heavy atom. The van der Waals surface area contributed by atoms with Crippen LogP contribution < -0.4 is 9.47 Å². The van der Waals surface area contributed by atoms with E-state index in [1.54, 1.807) is 7.11 Å². The Kier molecular flexibility index (Phi) is 6.27. The molecule has 0 spiro atoms. The molecule has 0 saturated carbocycles. The molecule has 0 fully saturated rings. The van der Waals surface area contributed by atoms with Crippen LogP contribution >= 0.6 is 0 Å². The Morgan fingerprint density at radius 1 is 0.958 bits per heavy atom. The van der Waals surface area contributed by atoms with Gasteiger partial charge in [-0.2, -0.15) is 0 Å². The summed E-state index contributed by atoms with van der Waals surface area (Å²) in [5, 5.41) is 10.2. The fraction of sp³-hybridized carbons (Fsp3) is 0.429. The van der Waals surface area contributed by atoms with E-state index in [1.807, 2.05) is 48.5 Å². The summed E-state index contributed by atoms with van der Waals surface area (Å²) >= 11 is 0. The molecular formula is C21H28O3. The van der Waals surface area contributed by atoms with Gasteiger partial charge in [0.2, 0.25) is 0 Å². The lowest BCUT2D eigenvalue weighted by Crippen LogP contribution is -2.26. The van der Waals surface area contributed by atoms with Crippen LogP contribution in [0.1, 0.15) is 38.3 Å². The van der Waals surface area contributed by atoms with E-state index >= 15 is 0 Å². The Hall–Kier alpha value is -2.00. The molecule has 1 N–H and O–H groups in total. The van der Waals surface area contributed by atoms with Gasteiger partial charge >= 0.3 is 0 Å². The molecule has 0 aliphatic rings. The third kappa shape index (κ3) is 5.27. The molecule has 0 radical (unpaired) electrons. The normalized spacial score (nSPS) is 12.7. The molecule has 1 unspecified atom stereocenters. The molecule has 0 aliphatic heterocycles. The zero-order chi connectivity index (χ0) is 17.6. The molecule has 130 valence electrons. The van der Waals surface area contributed by atoms with Crippen LogP contribution in [0.3, 0.4) is 0 Å². The second-order valence-electron chi connectivity index (χ2n) is 7.18. The summed E-state index contributed by atoms with van der Waals surface area (Å²) in [4.78, 5) is 0. The summed E-state index contributed by atoms with van der Waals surface area (Å²) in [6.07, 6.45) is 1.22. The standard InChI is InChI=1S/C21H28O3/c1-21(2,3)20(22)13-11-16-10-12-18(19(14-16)23-4)24-15-17-8-6-5-7-9-17/h5-10,12,14,20,22H,11,13,15H2,1-4H3. The number of hydrogen-bond acceptors (Lipinski definition) is 3. The highest BCUT2D eigenvalue weighted by Gasteiger charge is 2.21. The second kappa shape index (κ2) is 8.20. The average Bonchev–Trinajstić information content (AvgIpc) is 2.58. The van der Waals surface area contributed by atoms with Crippen LogP contribution in [-0.2, 0) is 13.0 Å². The maximum absolute atomic E-state index is 10.2. The van der Waals surface area contributed by atoms with Crippen molar-refractivity contribution >= 4 is 0 Å². The van der Waals surface area contributed by atoms with Gasteiger partial charge in [-0.1, -0.05) is 57.2 Å². The first-order valence-electron chi connectivity index (χ1n) is 8.42. The highest BCUT2D eigenvalue weighted by molar-refractivity contribution is 5.43. The summed E-state index contributed by atoms with van der Waals surface area (Å²) in [7, 11) is 1.65. The SMILES string of the molecule is COc1cc(CCC(O)C(C)(C)C)ccc1OCc1ccccc1. The Morgan fingerprint density at radius 2 is 1.67 bits per heavy atom. The minimum absolute atomic E-state index is 0.0944. The number of hydrogen-bond donors (Lipinski definition) is 1. The molecule has 1 atom stereocenters. The lowest BCUT2D eigenvalue weighted by atomic mass is 9.86. The van der Waals surface area contributed by atoms with Gasteiger partial charge in [0.05, 0.1) is 13.2 Å². The Labute approximate surface area is 145 Å². The van der Waals surface area contributed by atoms with E-state index in [0.717, 1.165) is 35.5 Å². The molecule has 0 aliphatic carbocycles. The highest BCUT2D eigenvalue weighted by Crippen LogP contribution is 2.30. The number of aryl methyl sites for hydroxylation is 1. The number of aliphatic hydroxyl groups excluding tert-OH is 1. The van der Waals surface area contributed by atoms with Gasteiger partial charge in [0.15, 0.2) is 11.5 Å². The quantitative estimate of drug-likeness (QED) is 0.806. The van der Waals surface area contributed by atoms with Crippen molar-refractivity contribution in [1.29, 1.82) is 0 Å². The monoisotopic (exact) mass is 328 g/mol. The molecule has 3 nitrogen and oxygen atoms in total. The van der Waals surface area contributed by atoms with Crippen molar-refractivity contribution in [3.63, 3.8) is 0 Å². The smallest absolute Gasteiger partial charge is 0.161 e. The van der Waals surface area contributed by atoms with Gasteiger partial charge in [0, 0.05) is 0 Å². The van der Waals surface area contributed by atoms with Crippen LogP contribution in [0.5, 0.6) is 11.5 Å². The molecule has 0 saturated heterocycles. The van der Waals surface area contributed by atoms with Crippen molar-refractivity contribution < 1.29 is 14.6 Å². The van der Waals surface area contributed by atoms with Crippen molar-refractivity contribution in [3.05, 3.63) is 59.7 Å². The van der Waals surface area contributed by atoms with Crippen molar-refractivity contribution in [3.8, 4) is 11.5 Å². The number of benzene rings is 2. The summed E-state index contributed by atoms with van der Waals surface area (Å²) in [5.41, 5.74) is 2.17. The third-order valence-electron chi connectivity index (χ3n) is 4.17. The first-order chi connectivity index (χ1) is 11.4. The highest BCUT2D eigenvalue weighted by atomic mass is 16.5. The third-order valence-corrected chi connectivity index (χ3v) is 4.17. The van der Waals surface area contributed by atoms with Crippen LogP contribution in [0, 0.1) is 5.41 Å². The first kappa shape index (κ1) is 18.3. The maximum atomic E-state index is 10.2. The van der Waals surface area contributed by atoms with E-state index in [2.05, 4.69) is 20.8 Å². The fourth-order valence-corrected chi connectivity index (χ4v) is 2.46. The van der Waals surface area contributed by atoms with Gasteiger partial charge < -0.3 is 14.6 Å². The summed E-state index contributed by atoms with van der Waals surface area (Å²) in [6, 6.07) is 16.0. The first-order valence-corrected chi connectivity index (χ1v) is 8.42. The zero-order valence-electron chi connectivity index (χ0n) is 15.1. The zero-order valence-corrected chi connectivity index (χ0v) is 15.1. The Balaban J connectivity index is 1.99. The van der Waals surface area contributed by atoms with Crippen molar-refractivity contribution in [2.45, 2.75) is 46.3 Å². The summed E-state index contributed by atoms with van der Waals surface area (Å²) < 4.78 is 11.3. The summed E-state index contributed by atoms with van der Waals surface area (Å²) in [5.74, 6) is 1.47. The molecule has 2 aromatic rings. The maximum Gasteiger partial charge on any atom is 0.161 e. The van der Waals surface area contributed by atoms with Gasteiger partial charge in [0.1, 0.15) is 6.61 Å². The molecular weight excluding hydrogens is 300 g/mol. The topological polar surface area (TPSA) is 38.7 Å². The van der Waals surface area contributed by atoms with Gasteiger partial charge in [0.25, 0.3) is 0 Å². The molecule has 0 amide bonds. The van der Waals surface area contributed by atoms with Crippen molar-refractivity contribution in [1.82, 2.24) is 0 Å². The van der Waals surface area contributed by atoms with Crippen LogP contribution in [0.2, 0.25) is 0 Å². The second-order valence-corrected chi connectivity index (χ2v) is 7.18. The van der Waals surface area contributed by atoms with Gasteiger partial charge in [-0.3, -0.25) is 0 Å². The van der Waals surface area contributed by atoms with Crippen molar-refractivity contribution in [2.24, 2.45) is 5.41 Å². The lowest BCUT2D eigenvalue weighted by molar-refractivity contribution is 0.0560. The average molecular weight is 328 g/mol. The van der Waals surface area contributed by atoms with E-state index in [1.165, 1.54) is 0 Å². The molecule has 0 heterocycles. The lowest BCUT2D eigenvalue weighted by Gasteiger charge is -2.25. The van der Waals surface area contributed by atoms with Crippen LogP contribution in [0.4, 0.5) is 0 Å². The van der Waals surface area contributed by atoms with E-state index in [4.69, 9.17) is 9.47 Å². The number of ether oxygens (including phenoxy) is 2. The number of methoxy groups -OCH3 is 1. The Bertz CT molecular complexity index is 629. The van der Waals surface area contributed by atoms with Gasteiger partial charge in [-0.05, 0) is 41.5 Å². The van der Waals surface area contributed by atoms with E-state index in [0.29, 0.717) is 6.61 Å². The minimum Gasteiger partial charge on any atom is -0.493 e. The molecule has 0 bridgehead atoms. The number of aliphatic hydroxyl groups is 1. The van der Waals surface area contributed by atoms with Crippen LogP contribution in [-0.4, -0.2) is 18.3 Å². The van der Waals surface area contributed by atoms with Crippen LogP contribution in [0.25, 0.3) is 0 Å². The van der Waals surface area contributed by atoms with Gasteiger partial charge in [-0.25, -0.2) is 0 Å². The van der Waals surface area contributed by atoms with E-state index in [-0.39, 0.29) is 11.5 Å². The van der Waals surface area contributed by atoms with E-state index < -0.39 is 0 Å². The minimum atomic E-state index is -0.322. The molecule has 24 heavy (non-hydrogen) atoms. The van der Waals surface area contributed by atoms with Crippen molar-refractivity contribution in [2.75, 3.05) is 7.11 Å². The number of rotatable bonds is 7.